The lowest BCUT2D eigenvalue weighted by Crippen LogP contribution is -2.47. The Bertz CT molecular complexity index is 103. The van der Waals surface area contributed by atoms with Crippen LogP contribution in [0.1, 0.15) is 0 Å². The molecular formula is C6H14Cl2N2O. The summed E-state index contributed by atoms with van der Waals surface area (Å²) in [7, 11) is 0. The van der Waals surface area contributed by atoms with Crippen LogP contribution >= 0.6 is 24.8 Å². The lowest BCUT2D eigenvalue weighted by Gasteiger charge is -2.25. The number of rotatable bonds is 0. The monoisotopic (exact) mass is 200 g/mol. The molecule has 11 heavy (non-hydrogen) atoms. The SMILES string of the molecule is C1CO[C@@H]2CNC[C@@H]2N1.Cl.Cl. The highest BCUT2D eigenvalue weighted by atomic mass is 35.5. The molecule has 0 spiro atoms. The second kappa shape index (κ2) is 5.17. The Kier molecular flexibility index (Phi) is 5.38. The number of nitrogens with one attached hydrogen (secondary N) is 2. The van der Waals surface area contributed by atoms with Crippen molar-refractivity contribution in [2.24, 2.45) is 0 Å². The maximum Gasteiger partial charge on any atom is 0.0865 e. The van der Waals surface area contributed by atoms with E-state index in [2.05, 4.69) is 10.6 Å². The molecule has 2 aliphatic rings. The van der Waals surface area contributed by atoms with Crippen LogP contribution in [0.4, 0.5) is 0 Å². The van der Waals surface area contributed by atoms with Gasteiger partial charge in [0.2, 0.25) is 0 Å². The van der Waals surface area contributed by atoms with Gasteiger partial charge in [-0.2, -0.15) is 0 Å². The highest BCUT2D eigenvalue weighted by molar-refractivity contribution is 5.85. The summed E-state index contributed by atoms with van der Waals surface area (Å²) in [6.45, 7) is 3.99. The van der Waals surface area contributed by atoms with Crippen molar-refractivity contribution in [3.63, 3.8) is 0 Å². The summed E-state index contributed by atoms with van der Waals surface area (Å²) in [5.74, 6) is 0. The van der Waals surface area contributed by atoms with Gasteiger partial charge in [0.05, 0.1) is 12.7 Å². The van der Waals surface area contributed by atoms with Crippen molar-refractivity contribution < 1.29 is 4.74 Å². The van der Waals surface area contributed by atoms with Crippen molar-refractivity contribution in [2.45, 2.75) is 12.1 Å². The van der Waals surface area contributed by atoms with Crippen LogP contribution in [0.25, 0.3) is 0 Å². The molecule has 68 valence electrons. The zero-order valence-corrected chi connectivity index (χ0v) is 7.84. The van der Waals surface area contributed by atoms with Gasteiger partial charge in [-0.15, -0.1) is 24.8 Å². The number of hydrogen-bond donors (Lipinski definition) is 2. The molecule has 0 aromatic heterocycles. The number of morpholine rings is 1. The molecule has 2 fully saturated rings. The Hall–Kier alpha value is 0.460. The molecule has 2 atom stereocenters. The number of halogens is 2. The Morgan fingerprint density at radius 3 is 2.73 bits per heavy atom. The van der Waals surface area contributed by atoms with Crippen molar-refractivity contribution in [2.75, 3.05) is 26.2 Å². The highest BCUT2D eigenvalue weighted by Gasteiger charge is 2.29. The van der Waals surface area contributed by atoms with E-state index in [1.807, 2.05) is 0 Å². The fourth-order valence-corrected chi connectivity index (χ4v) is 1.49. The minimum Gasteiger partial charge on any atom is -0.374 e. The molecule has 2 heterocycles. The molecule has 2 rings (SSSR count). The molecule has 0 radical (unpaired) electrons. The van der Waals surface area contributed by atoms with Crippen LogP contribution in [-0.4, -0.2) is 38.4 Å². The van der Waals surface area contributed by atoms with Gasteiger partial charge in [-0.1, -0.05) is 0 Å². The normalized spacial score (nSPS) is 34.9. The first-order valence-corrected chi connectivity index (χ1v) is 3.52. The number of hydrogen-bond acceptors (Lipinski definition) is 3. The zero-order chi connectivity index (χ0) is 6.10. The van der Waals surface area contributed by atoms with E-state index >= 15 is 0 Å². The lowest BCUT2D eigenvalue weighted by molar-refractivity contribution is 0.0207. The van der Waals surface area contributed by atoms with Gasteiger partial charge < -0.3 is 15.4 Å². The summed E-state index contributed by atoms with van der Waals surface area (Å²) >= 11 is 0. The third-order valence-corrected chi connectivity index (χ3v) is 2.00. The fraction of sp³-hybridized carbons (Fsp3) is 1.00. The predicted octanol–water partition coefficient (Wildman–Crippen LogP) is -0.210. The zero-order valence-electron chi connectivity index (χ0n) is 6.21. The van der Waals surface area contributed by atoms with Gasteiger partial charge in [-0.25, -0.2) is 0 Å². The maximum absolute atomic E-state index is 5.48. The van der Waals surface area contributed by atoms with Gasteiger partial charge in [0, 0.05) is 25.7 Å². The summed E-state index contributed by atoms with van der Waals surface area (Å²) < 4.78 is 5.48. The molecule has 0 amide bonds. The third-order valence-electron chi connectivity index (χ3n) is 2.00. The van der Waals surface area contributed by atoms with Gasteiger partial charge in [0.25, 0.3) is 0 Å². The van der Waals surface area contributed by atoms with E-state index in [9.17, 15) is 0 Å². The molecule has 0 saturated carbocycles. The standard InChI is InChI=1S/C6H12N2O.2ClH/c1-2-9-6-4-7-3-5(6)8-1;;/h5-8H,1-4H2;2*1H/t5-,6+;;/m0../s1. The molecule has 0 bridgehead atoms. The van der Waals surface area contributed by atoms with Crippen LogP contribution in [0.3, 0.4) is 0 Å². The Morgan fingerprint density at radius 2 is 2.00 bits per heavy atom. The Morgan fingerprint density at radius 1 is 1.18 bits per heavy atom. The summed E-state index contributed by atoms with van der Waals surface area (Å²) in [4.78, 5) is 0. The molecule has 0 aromatic rings. The van der Waals surface area contributed by atoms with Gasteiger partial charge in [-0.3, -0.25) is 0 Å². The minimum atomic E-state index is 0. The molecule has 2 aliphatic heterocycles. The van der Waals surface area contributed by atoms with Gasteiger partial charge in [0.15, 0.2) is 0 Å². The highest BCUT2D eigenvalue weighted by Crippen LogP contribution is 2.07. The quantitative estimate of drug-likeness (QED) is 0.569. The van der Waals surface area contributed by atoms with Crippen LogP contribution in [0.15, 0.2) is 0 Å². The second-order valence-corrected chi connectivity index (χ2v) is 2.63. The van der Waals surface area contributed by atoms with Crippen molar-refractivity contribution >= 4 is 24.8 Å². The molecule has 3 nitrogen and oxygen atoms in total. The first kappa shape index (κ1) is 11.5. The van der Waals surface area contributed by atoms with E-state index in [1.165, 1.54) is 0 Å². The molecule has 2 saturated heterocycles. The third kappa shape index (κ3) is 2.46. The average molecular weight is 201 g/mol. The van der Waals surface area contributed by atoms with E-state index in [0.29, 0.717) is 12.1 Å². The van der Waals surface area contributed by atoms with Gasteiger partial charge >= 0.3 is 0 Å². The van der Waals surface area contributed by atoms with E-state index in [0.717, 1.165) is 26.2 Å². The summed E-state index contributed by atoms with van der Waals surface area (Å²) in [5, 5.41) is 6.67. The van der Waals surface area contributed by atoms with E-state index in [-0.39, 0.29) is 24.8 Å². The van der Waals surface area contributed by atoms with Crippen molar-refractivity contribution in [1.29, 1.82) is 0 Å². The van der Waals surface area contributed by atoms with Gasteiger partial charge in [-0.05, 0) is 0 Å². The van der Waals surface area contributed by atoms with E-state index < -0.39 is 0 Å². The van der Waals surface area contributed by atoms with Crippen LogP contribution in [-0.2, 0) is 4.74 Å². The smallest absolute Gasteiger partial charge is 0.0865 e. The maximum atomic E-state index is 5.48. The molecule has 0 aliphatic carbocycles. The minimum absolute atomic E-state index is 0. The Balaban J connectivity index is 0.000000500. The van der Waals surface area contributed by atoms with Crippen LogP contribution < -0.4 is 10.6 Å². The molecule has 0 unspecified atom stereocenters. The van der Waals surface area contributed by atoms with Crippen LogP contribution in [0.5, 0.6) is 0 Å². The topological polar surface area (TPSA) is 33.3 Å². The second-order valence-electron chi connectivity index (χ2n) is 2.63. The molecule has 0 aromatic carbocycles. The molecular weight excluding hydrogens is 187 g/mol. The number of fused-ring (bicyclic) bond motifs is 1. The predicted molar refractivity (Wildman–Crippen MR) is 48.9 cm³/mol. The van der Waals surface area contributed by atoms with Crippen LogP contribution in [0.2, 0.25) is 0 Å². The van der Waals surface area contributed by atoms with Crippen molar-refractivity contribution in [1.82, 2.24) is 10.6 Å². The van der Waals surface area contributed by atoms with Crippen LogP contribution in [0, 0.1) is 0 Å². The average Bonchev–Trinajstić information content (AvgIpc) is 2.33. The first-order valence-electron chi connectivity index (χ1n) is 3.52. The van der Waals surface area contributed by atoms with E-state index in [1.54, 1.807) is 0 Å². The number of ether oxygens (including phenoxy) is 1. The summed E-state index contributed by atoms with van der Waals surface area (Å²) in [5.41, 5.74) is 0. The summed E-state index contributed by atoms with van der Waals surface area (Å²) in [6, 6.07) is 0.582. The van der Waals surface area contributed by atoms with Crippen molar-refractivity contribution in [3.05, 3.63) is 0 Å². The van der Waals surface area contributed by atoms with E-state index in [4.69, 9.17) is 4.74 Å². The first-order chi connectivity index (χ1) is 4.47. The molecule has 2 N–H and O–H groups in total. The van der Waals surface area contributed by atoms with Gasteiger partial charge in [0.1, 0.15) is 0 Å². The Labute approximate surface area is 79.1 Å². The molecule has 5 heteroatoms. The largest absolute Gasteiger partial charge is 0.374 e. The lowest BCUT2D eigenvalue weighted by atomic mass is 10.2. The summed E-state index contributed by atoms with van der Waals surface area (Å²) in [6.07, 6.45) is 0.443. The van der Waals surface area contributed by atoms with Crippen molar-refractivity contribution in [3.8, 4) is 0 Å². The fourth-order valence-electron chi connectivity index (χ4n) is 1.49.